The number of aromatic amines is 1. The van der Waals surface area contributed by atoms with Gasteiger partial charge in [-0.1, -0.05) is 19.4 Å². The van der Waals surface area contributed by atoms with Gasteiger partial charge in [-0.3, -0.25) is 4.98 Å². The zero-order valence-electron chi connectivity index (χ0n) is 10.4. The minimum Gasteiger partial charge on any atom is -0.346 e. The SMILES string of the molecule is CCCc1ccc(-c2cnc3[nH]ccc3c2)cn1. The van der Waals surface area contributed by atoms with Crippen molar-refractivity contribution in [1.29, 1.82) is 0 Å². The van der Waals surface area contributed by atoms with Crippen molar-refractivity contribution in [3.8, 4) is 11.1 Å². The third-order valence-electron chi connectivity index (χ3n) is 3.06. The fourth-order valence-corrected chi connectivity index (χ4v) is 2.10. The van der Waals surface area contributed by atoms with Crippen LogP contribution in [-0.2, 0) is 6.42 Å². The standard InChI is InChI=1S/C15H15N3/c1-2-3-14-5-4-12(9-17-14)13-8-11-6-7-16-15(11)18-10-13/h4-10H,2-3H2,1H3,(H,16,18). The van der Waals surface area contributed by atoms with E-state index < -0.39 is 0 Å². The van der Waals surface area contributed by atoms with Gasteiger partial charge in [-0.2, -0.15) is 0 Å². The Morgan fingerprint density at radius 2 is 1.94 bits per heavy atom. The molecule has 0 unspecified atom stereocenters. The molecule has 0 amide bonds. The maximum atomic E-state index is 4.48. The predicted octanol–water partition coefficient (Wildman–Crippen LogP) is 3.58. The van der Waals surface area contributed by atoms with Gasteiger partial charge in [-0.15, -0.1) is 0 Å². The first-order valence-electron chi connectivity index (χ1n) is 6.25. The second-order valence-electron chi connectivity index (χ2n) is 4.43. The van der Waals surface area contributed by atoms with Crippen LogP contribution in [0.2, 0.25) is 0 Å². The highest BCUT2D eigenvalue weighted by atomic mass is 14.8. The molecule has 0 spiro atoms. The number of pyridine rings is 2. The van der Waals surface area contributed by atoms with Crippen molar-refractivity contribution in [2.75, 3.05) is 0 Å². The summed E-state index contributed by atoms with van der Waals surface area (Å²) in [5, 5.41) is 1.13. The van der Waals surface area contributed by atoms with E-state index >= 15 is 0 Å². The molecular formula is C15H15N3. The highest BCUT2D eigenvalue weighted by molar-refractivity contribution is 5.81. The molecule has 3 heterocycles. The van der Waals surface area contributed by atoms with E-state index in [1.807, 2.05) is 24.7 Å². The minimum absolute atomic E-state index is 0.925. The Morgan fingerprint density at radius 3 is 2.72 bits per heavy atom. The molecule has 18 heavy (non-hydrogen) atoms. The quantitative estimate of drug-likeness (QED) is 0.756. The fraction of sp³-hybridized carbons (Fsp3) is 0.200. The summed E-state index contributed by atoms with van der Waals surface area (Å²) in [5.74, 6) is 0. The Labute approximate surface area is 106 Å². The topological polar surface area (TPSA) is 41.6 Å². The number of aryl methyl sites for hydroxylation is 1. The molecule has 0 aromatic carbocycles. The molecule has 3 aromatic heterocycles. The number of rotatable bonds is 3. The summed E-state index contributed by atoms with van der Waals surface area (Å²) < 4.78 is 0. The van der Waals surface area contributed by atoms with Crippen LogP contribution in [-0.4, -0.2) is 15.0 Å². The fourth-order valence-electron chi connectivity index (χ4n) is 2.10. The molecule has 0 aliphatic rings. The maximum absolute atomic E-state index is 4.48. The third kappa shape index (κ3) is 1.99. The Bertz CT molecular complexity index is 653. The first-order chi connectivity index (χ1) is 8.86. The van der Waals surface area contributed by atoms with Crippen molar-refractivity contribution < 1.29 is 0 Å². The highest BCUT2D eigenvalue weighted by Gasteiger charge is 2.02. The van der Waals surface area contributed by atoms with Crippen molar-refractivity contribution in [1.82, 2.24) is 15.0 Å². The predicted molar refractivity (Wildman–Crippen MR) is 73.3 cm³/mol. The number of H-pyrrole nitrogens is 1. The molecule has 0 atom stereocenters. The molecule has 0 saturated heterocycles. The van der Waals surface area contributed by atoms with Crippen LogP contribution in [0.3, 0.4) is 0 Å². The molecule has 0 aliphatic heterocycles. The Morgan fingerprint density at radius 1 is 1.06 bits per heavy atom. The van der Waals surface area contributed by atoms with Crippen molar-refractivity contribution in [2.45, 2.75) is 19.8 Å². The lowest BCUT2D eigenvalue weighted by Crippen LogP contribution is -1.89. The minimum atomic E-state index is 0.925. The summed E-state index contributed by atoms with van der Waals surface area (Å²) >= 11 is 0. The average Bonchev–Trinajstić information content (AvgIpc) is 2.87. The first-order valence-corrected chi connectivity index (χ1v) is 6.25. The van der Waals surface area contributed by atoms with E-state index in [0.717, 1.165) is 40.7 Å². The third-order valence-corrected chi connectivity index (χ3v) is 3.06. The van der Waals surface area contributed by atoms with Gasteiger partial charge in [0, 0.05) is 40.8 Å². The Balaban J connectivity index is 1.97. The number of hydrogen-bond donors (Lipinski definition) is 1. The van der Waals surface area contributed by atoms with E-state index in [2.05, 4.69) is 40.1 Å². The van der Waals surface area contributed by atoms with E-state index in [1.54, 1.807) is 0 Å². The van der Waals surface area contributed by atoms with Crippen LogP contribution in [0.5, 0.6) is 0 Å². The number of fused-ring (bicyclic) bond motifs is 1. The summed E-state index contributed by atoms with van der Waals surface area (Å²) in [6.07, 6.45) is 7.89. The summed E-state index contributed by atoms with van der Waals surface area (Å²) in [7, 11) is 0. The molecular weight excluding hydrogens is 222 g/mol. The van der Waals surface area contributed by atoms with Gasteiger partial charge in [0.1, 0.15) is 5.65 Å². The lowest BCUT2D eigenvalue weighted by Gasteiger charge is -2.03. The summed E-state index contributed by atoms with van der Waals surface area (Å²) in [5.41, 5.74) is 4.30. The highest BCUT2D eigenvalue weighted by Crippen LogP contribution is 2.21. The lowest BCUT2D eigenvalue weighted by atomic mass is 10.1. The molecule has 0 bridgehead atoms. The van der Waals surface area contributed by atoms with Gasteiger partial charge < -0.3 is 4.98 Å². The van der Waals surface area contributed by atoms with E-state index in [9.17, 15) is 0 Å². The van der Waals surface area contributed by atoms with Crippen LogP contribution in [0.4, 0.5) is 0 Å². The van der Waals surface area contributed by atoms with Crippen LogP contribution in [0.25, 0.3) is 22.2 Å². The van der Waals surface area contributed by atoms with Gasteiger partial charge in [-0.05, 0) is 24.6 Å². The molecule has 3 heteroatoms. The van der Waals surface area contributed by atoms with Crippen LogP contribution >= 0.6 is 0 Å². The largest absolute Gasteiger partial charge is 0.346 e. The number of hydrogen-bond acceptors (Lipinski definition) is 2. The summed E-state index contributed by atoms with van der Waals surface area (Å²) in [6, 6.07) is 8.38. The Kier molecular flexibility index (Phi) is 2.81. The normalized spacial score (nSPS) is 10.9. The molecule has 0 radical (unpaired) electrons. The second kappa shape index (κ2) is 4.61. The molecule has 1 N–H and O–H groups in total. The lowest BCUT2D eigenvalue weighted by molar-refractivity contribution is 0.883. The molecule has 3 nitrogen and oxygen atoms in total. The van der Waals surface area contributed by atoms with Gasteiger partial charge in [0.15, 0.2) is 0 Å². The van der Waals surface area contributed by atoms with Crippen LogP contribution < -0.4 is 0 Å². The zero-order chi connectivity index (χ0) is 12.4. The van der Waals surface area contributed by atoms with E-state index in [1.165, 1.54) is 0 Å². The monoisotopic (exact) mass is 237 g/mol. The average molecular weight is 237 g/mol. The molecule has 0 saturated carbocycles. The van der Waals surface area contributed by atoms with Crippen LogP contribution in [0, 0.1) is 0 Å². The maximum Gasteiger partial charge on any atom is 0.137 e. The number of nitrogens with zero attached hydrogens (tertiary/aromatic N) is 2. The molecule has 3 rings (SSSR count). The molecule has 0 aliphatic carbocycles. The molecule has 3 aromatic rings. The van der Waals surface area contributed by atoms with E-state index in [-0.39, 0.29) is 0 Å². The number of nitrogens with one attached hydrogen (secondary N) is 1. The van der Waals surface area contributed by atoms with Crippen molar-refractivity contribution in [2.24, 2.45) is 0 Å². The van der Waals surface area contributed by atoms with E-state index in [4.69, 9.17) is 0 Å². The van der Waals surface area contributed by atoms with Gasteiger partial charge in [-0.25, -0.2) is 4.98 Å². The Hall–Kier alpha value is -2.16. The molecule has 90 valence electrons. The molecule has 0 fully saturated rings. The van der Waals surface area contributed by atoms with Crippen LogP contribution in [0.1, 0.15) is 19.0 Å². The van der Waals surface area contributed by atoms with Gasteiger partial charge in [0.2, 0.25) is 0 Å². The summed E-state index contributed by atoms with van der Waals surface area (Å²) in [4.78, 5) is 12.0. The second-order valence-corrected chi connectivity index (χ2v) is 4.43. The van der Waals surface area contributed by atoms with E-state index in [0.29, 0.717) is 0 Å². The number of aromatic nitrogens is 3. The van der Waals surface area contributed by atoms with Crippen molar-refractivity contribution in [3.63, 3.8) is 0 Å². The zero-order valence-corrected chi connectivity index (χ0v) is 10.4. The van der Waals surface area contributed by atoms with Crippen molar-refractivity contribution >= 4 is 11.0 Å². The first kappa shape index (κ1) is 11.0. The van der Waals surface area contributed by atoms with Crippen LogP contribution in [0.15, 0.2) is 42.9 Å². The van der Waals surface area contributed by atoms with Gasteiger partial charge >= 0.3 is 0 Å². The smallest absolute Gasteiger partial charge is 0.137 e. The summed E-state index contributed by atoms with van der Waals surface area (Å²) in [6.45, 7) is 2.17. The van der Waals surface area contributed by atoms with Gasteiger partial charge in [0.05, 0.1) is 0 Å². The van der Waals surface area contributed by atoms with Gasteiger partial charge in [0.25, 0.3) is 0 Å². The van der Waals surface area contributed by atoms with Crippen molar-refractivity contribution in [3.05, 3.63) is 48.5 Å².